The molecule has 4 amide bonds. The minimum absolute atomic E-state index is 0.173. The SMILES string of the molecule is CCCN1C(=O)C(=O)N(CC(=O)c2ccc(Br)cc2)C1=O. The first kappa shape index (κ1) is 15.4. The van der Waals surface area contributed by atoms with E-state index in [1.807, 2.05) is 0 Å². The van der Waals surface area contributed by atoms with Crippen LogP contribution in [0.5, 0.6) is 0 Å². The zero-order chi connectivity index (χ0) is 15.6. The third-order valence-corrected chi connectivity index (χ3v) is 3.58. The molecule has 0 unspecified atom stereocenters. The highest BCUT2D eigenvalue weighted by Crippen LogP contribution is 2.15. The molecule has 110 valence electrons. The van der Waals surface area contributed by atoms with Crippen molar-refractivity contribution in [3.8, 4) is 0 Å². The van der Waals surface area contributed by atoms with E-state index in [4.69, 9.17) is 0 Å². The number of rotatable bonds is 5. The predicted molar refractivity (Wildman–Crippen MR) is 77.6 cm³/mol. The minimum atomic E-state index is -0.945. The van der Waals surface area contributed by atoms with Crippen LogP contribution in [0, 0.1) is 0 Å². The van der Waals surface area contributed by atoms with E-state index in [0.29, 0.717) is 16.9 Å². The number of benzene rings is 1. The summed E-state index contributed by atoms with van der Waals surface area (Å²) in [7, 11) is 0. The maximum Gasteiger partial charge on any atom is 0.334 e. The lowest BCUT2D eigenvalue weighted by Crippen LogP contribution is -2.37. The molecule has 2 rings (SSSR count). The van der Waals surface area contributed by atoms with E-state index in [9.17, 15) is 19.2 Å². The van der Waals surface area contributed by atoms with Crippen molar-refractivity contribution < 1.29 is 19.2 Å². The van der Waals surface area contributed by atoms with Crippen LogP contribution in [0.3, 0.4) is 0 Å². The lowest BCUT2D eigenvalue weighted by atomic mass is 10.1. The van der Waals surface area contributed by atoms with Crippen LogP contribution < -0.4 is 0 Å². The Labute approximate surface area is 129 Å². The molecule has 1 heterocycles. The fourth-order valence-corrected chi connectivity index (χ4v) is 2.25. The van der Waals surface area contributed by atoms with Gasteiger partial charge in [-0.05, 0) is 18.6 Å². The molecule has 1 aromatic carbocycles. The van der Waals surface area contributed by atoms with Gasteiger partial charge in [0.05, 0.1) is 6.54 Å². The molecule has 0 bridgehead atoms. The van der Waals surface area contributed by atoms with Crippen LogP contribution in [0.1, 0.15) is 23.7 Å². The Balaban J connectivity index is 2.14. The number of carbonyl (C=O) groups excluding carboxylic acids is 4. The standard InChI is InChI=1S/C14H13BrN2O4/c1-2-7-16-12(19)13(20)17(14(16)21)8-11(18)9-3-5-10(15)6-4-9/h3-6H,2,7-8H2,1H3. The summed E-state index contributed by atoms with van der Waals surface area (Å²) in [5.41, 5.74) is 0.375. The first-order valence-corrected chi connectivity index (χ1v) is 7.21. The van der Waals surface area contributed by atoms with Crippen molar-refractivity contribution in [1.82, 2.24) is 9.80 Å². The fraction of sp³-hybridized carbons (Fsp3) is 0.286. The molecule has 1 saturated heterocycles. The van der Waals surface area contributed by atoms with Crippen molar-refractivity contribution in [2.75, 3.05) is 13.1 Å². The molecule has 0 radical (unpaired) electrons. The number of Topliss-reactive ketones (excluding diaryl/α,β-unsaturated/α-hetero) is 1. The van der Waals surface area contributed by atoms with Gasteiger partial charge in [-0.3, -0.25) is 19.3 Å². The number of amides is 4. The molecule has 21 heavy (non-hydrogen) atoms. The summed E-state index contributed by atoms with van der Waals surface area (Å²) < 4.78 is 0.816. The summed E-state index contributed by atoms with van der Waals surface area (Å²) in [4.78, 5) is 49.1. The topological polar surface area (TPSA) is 74.8 Å². The Morgan fingerprint density at radius 1 is 1.05 bits per heavy atom. The van der Waals surface area contributed by atoms with E-state index in [0.717, 1.165) is 9.37 Å². The van der Waals surface area contributed by atoms with Gasteiger partial charge in [0.1, 0.15) is 0 Å². The molecule has 1 aliphatic heterocycles. The average molecular weight is 353 g/mol. The summed E-state index contributed by atoms with van der Waals surface area (Å²) in [6, 6.07) is 5.83. The number of carbonyl (C=O) groups is 4. The lowest BCUT2D eigenvalue weighted by molar-refractivity contribution is -0.143. The van der Waals surface area contributed by atoms with Crippen LogP contribution in [0.4, 0.5) is 4.79 Å². The first-order chi connectivity index (χ1) is 9.95. The Hall–Kier alpha value is -2.02. The molecule has 1 aromatic rings. The smallest absolute Gasteiger partial charge is 0.292 e. The molecular formula is C14H13BrN2O4. The Kier molecular flexibility index (Phi) is 4.52. The van der Waals surface area contributed by atoms with E-state index in [2.05, 4.69) is 15.9 Å². The van der Waals surface area contributed by atoms with Crippen molar-refractivity contribution >= 4 is 39.6 Å². The van der Waals surface area contributed by atoms with Crippen LogP contribution in [0.15, 0.2) is 28.7 Å². The van der Waals surface area contributed by atoms with Gasteiger partial charge in [0.15, 0.2) is 5.78 Å². The number of hydrogen-bond donors (Lipinski definition) is 0. The van der Waals surface area contributed by atoms with Gasteiger partial charge in [-0.2, -0.15) is 0 Å². The van der Waals surface area contributed by atoms with E-state index >= 15 is 0 Å². The third kappa shape index (κ3) is 3.02. The van der Waals surface area contributed by atoms with Crippen molar-refractivity contribution in [2.24, 2.45) is 0 Å². The van der Waals surface area contributed by atoms with Crippen LogP contribution >= 0.6 is 15.9 Å². The van der Waals surface area contributed by atoms with Crippen molar-refractivity contribution in [1.29, 1.82) is 0 Å². The quantitative estimate of drug-likeness (QED) is 0.460. The number of halogens is 1. The second kappa shape index (κ2) is 6.17. The molecule has 1 aliphatic rings. The molecule has 0 aromatic heterocycles. The number of urea groups is 1. The average Bonchev–Trinajstić information content (AvgIpc) is 2.66. The summed E-state index contributed by atoms with van der Waals surface area (Å²) >= 11 is 3.25. The van der Waals surface area contributed by atoms with Gasteiger partial charge in [-0.25, -0.2) is 9.69 Å². The molecular weight excluding hydrogens is 340 g/mol. The zero-order valence-electron chi connectivity index (χ0n) is 11.3. The molecule has 6 nitrogen and oxygen atoms in total. The van der Waals surface area contributed by atoms with Gasteiger partial charge in [-0.1, -0.05) is 35.0 Å². The highest BCUT2D eigenvalue weighted by Gasteiger charge is 2.44. The highest BCUT2D eigenvalue weighted by molar-refractivity contribution is 9.10. The largest absolute Gasteiger partial charge is 0.334 e. The molecule has 1 fully saturated rings. The number of imide groups is 2. The minimum Gasteiger partial charge on any atom is -0.292 e. The highest BCUT2D eigenvalue weighted by atomic mass is 79.9. The van der Waals surface area contributed by atoms with Crippen molar-refractivity contribution in [3.63, 3.8) is 0 Å². The summed E-state index contributed by atoms with van der Waals surface area (Å²) in [5, 5.41) is 0. The normalized spacial score (nSPS) is 15.0. The summed E-state index contributed by atoms with van der Waals surface area (Å²) in [6.45, 7) is 1.54. The molecule has 0 N–H and O–H groups in total. The van der Waals surface area contributed by atoms with Gasteiger partial charge in [-0.15, -0.1) is 0 Å². The maximum atomic E-state index is 12.1. The zero-order valence-corrected chi connectivity index (χ0v) is 12.9. The van der Waals surface area contributed by atoms with Crippen LogP contribution in [0.2, 0.25) is 0 Å². The number of nitrogens with zero attached hydrogens (tertiary/aromatic N) is 2. The van der Waals surface area contributed by atoms with Crippen LogP contribution in [-0.2, 0) is 9.59 Å². The molecule has 0 atom stereocenters. The third-order valence-electron chi connectivity index (χ3n) is 3.05. The number of ketones is 1. The Morgan fingerprint density at radius 2 is 1.62 bits per heavy atom. The van der Waals surface area contributed by atoms with Crippen molar-refractivity contribution in [3.05, 3.63) is 34.3 Å². The van der Waals surface area contributed by atoms with E-state index in [-0.39, 0.29) is 6.54 Å². The molecule has 7 heteroatoms. The van der Waals surface area contributed by atoms with Crippen LogP contribution in [-0.4, -0.2) is 46.5 Å². The van der Waals surface area contributed by atoms with Gasteiger partial charge < -0.3 is 0 Å². The Bertz CT molecular complexity index is 612. The van der Waals surface area contributed by atoms with Gasteiger partial charge >= 0.3 is 17.8 Å². The molecule has 0 spiro atoms. The van der Waals surface area contributed by atoms with E-state index < -0.39 is 30.2 Å². The molecule has 0 aliphatic carbocycles. The van der Waals surface area contributed by atoms with E-state index in [1.54, 1.807) is 31.2 Å². The van der Waals surface area contributed by atoms with Crippen molar-refractivity contribution in [2.45, 2.75) is 13.3 Å². The summed E-state index contributed by atoms with van der Waals surface area (Å²) in [6.07, 6.45) is 0.555. The second-order valence-electron chi connectivity index (χ2n) is 4.56. The summed E-state index contributed by atoms with van der Waals surface area (Å²) in [5.74, 6) is -2.21. The lowest BCUT2D eigenvalue weighted by Gasteiger charge is -2.14. The molecule has 0 saturated carbocycles. The number of hydrogen-bond acceptors (Lipinski definition) is 4. The van der Waals surface area contributed by atoms with Crippen LogP contribution in [0.25, 0.3) is 0 Å². The van der Waals surface area contributed by atoms with E-state index in [1.165, 1.54) is 0 Å². The first-order valence-electron chi connectivity index (χ1n) is 6.41. The maximum absolute atomic E-state index is 12.1. The fourth-order valence-electron chi connectivity index (χ4n) is 1.98. The van der Waals surface area contributed by atoms with Gasteiger partial charge in [0.2, 0.25) is 0 Å². The second-order valence-corrected chi connectivity index (χ2v) is 5.48. The predicted octanol–water partition coefficient (Wildman–Crippen LogP) is 1.83. The Morgan fingerprint density at radius 3 is 2.19 bits per heavy atom. The van der Waals surface area contributed by atoms with Gasteiger partial charge in [0.25, 0.3) is 0 Å². The van der Waals surface area contributed by atoms with Gasteiger partial charge in [0, 0.05) is 16.6 Å². The monoisotopic (exact) mass is 352 g/mol.